The van der Waals surface area contributed by atoms with Gasteiger partial charge in [0, 0.05) is 22.3 Å². The molecule has 0 aliphatic carbocycles. The van der Waals surface area contributed by atoms with Gasteiger partial charge in [0.1, 0.15) is 0 Å². The monoisotopic (exact) mass is 304 g/mol. The number of halogens is 2. The van der Waals surface area contributed by atoms with Gasteiger partial charge >= 0.3 is 0 Å². The highest BCUT2D eigenvalue weighted by atomic mass is 35.5. The summed E-state index contributed by atoms with van der Waals surface area (Å²) in [6.45, 7) is 1.36. The fourth-order valence-corrected chi connectivity index (χ4v) is 4.13. The highest BCUT2D eigenvalue weighted by Gasteiger charge is 2.05. The lowest BCUT2D eigenvalue weighted by atomic mass is 10.2. The van der Waals surface area contributed by atoms with E-state index >= 15 is 0 Å². The summed E-state index contributed by atoms with van der Waals surface area (Å²) in [5, 5.41) is 0.465. The lowest BCUT2D eigenvalue weighted by Crippen LogP contribution is -2.09. The fourth-order valence-electron chi connectivity index (χ4n) is 1.12. The van der Waals surface area contributed by atoms with Gasteiger partial charge in [-0.25, -0.2) is 0 Å². The third kappa shape index (κ3) is 11.7. The minimum atomic E-state index is 0.233. The molecule has 2 unspecified atom stereocenters. The van der Waals surface area contributed by atoms with Crippen LogP contribution in [0.2, 0.25) is 0 Å². The van der Waals surface area contributed by atoms with Crippen molar-refractivity contribution in [3.63, 3.8) is 0 Å². The molecule has 0 spiro atoms. The van der Waals surface area contributed by atoms with Gasteiger partial charge in [-0.1, -0.05) is 21.6 Å². The molecule has 2 nitrogen and oxygen atoms in total. The molecule has 2 atom stereocenters. The van der Waals surface area contributed by atoms with Gasteiger partial charge in [-0.15, -0.1) is 23.2 Å². The van der Waals surface area contributed by atoms with Crippen molar-refractivity contribution in [1.82, 2.24) is 0 Å². The van der Waals surface area contributed by atoms with E-state index in [1.165, 1.54) is 0 Å². The molecule has 0 aliphatic heterocycles. The highest BCUT2D eigenvalue weighted by molar-refractivity contribution is 8.76. The van der Waals surface area contributed by atoms with Gasteiger partial charge in [-0.3, -0.25) is 0 Å². The molecule has 0 bridgehead atoms. The molecule has 0 saturated carbocycles. The zero-order valence-electron chi connectivity index (χ0n) is 9.54. The number of nitrogens with two attached hydrogens (primary N) is 2. The molecule has 0 rings (SSSR count). The quantitative estimate of drug-likeness (QED) is 0.350. The molecule has 6 heteroatoms. The zero-order chi connectivity index (χ0) is 12.2. The molecule has 4 N–H and O–H groups in total. The Balaban J connectivity index is 3.15. The van der Waals surface area contributed by atoms with Crippen LogP contribution in [0, 0.1) is 0 Å². The smallest absolute Gasteiger partial charge is 0.0356 e. The highest BCUT2D eigenvalue weighted by Crippen LogP contribution is 2.26. The van der Waals surface area contributed by atoms with E-state index in [2.05, 4.69) is 0 Å². The van der Waals surface area contributed by atoms with Crippen molar-refractivity contribution in [3.8, 4) is 0 Å². The van der Waals surface area contributed by atoms with Crippen LogP contribution >= 0.6 is 44.8 Å². The topological polar surface area (TPSA) is 52.0 Å². The van der Waals surface area contributed by atoms with Crippen molar-refractivity contribution in [2.45, 2.75) is 36.4 Å². The van der Waals surface area contributed by atoms with Crippen LogP contribution in [0.1, 0.15) is 25.7 Å². The van der Waals surface area contributed by atoms with Crippen LogP contribution in [0.5, 0.6) is 0 Å². The van der Waals surface area contributed by atoms with Crippen molar-refractivity contribution < 1.29 is 0 Å². The summed E-state index contributed by atoms with van der Waals surface area (Å²) >= 11 is 12.1. The van der Waals surface area contributed by atoms with Crippen LogP contribution in [0.3, 0.4) is 0 Å². The van der Waals surface area contributed by atoms with Crippen LogP contribution in [0.4, 0.5) is 0 Å². The van der Waals surface area contributed by atoms with Gasteiger partial charge in [0.05, 0.1) is 0 Å². The second-order valence-corrected chi connectivity index (χ2v) is 7.51. The summed E-state index contributed by atoms with van der Waals surface area (Å²) in [4.78, 5) is 0. The Bertz CT molecular complexity index is 137. The van der Waals surface area contributed by atoms with Gasteiger partial charge in [0.25, 0.3) is 0 Å². The predicted molar refractivity (Wildman–Crippen MR) is 80.8 cm³/mol. The number of alkyl halides is 2. The van der Waals surface area contributed by atoms with Crippen LogP contribution in [-0.4, -0.2) is 35.3 Å². The molecule has 0 aromatic heterocycles. The van der Waals surface area contributed by atoms with Crippen LogP contribution < -0.4 is 11.5 Å². The fraction of sp³-hybridized carbons (Fsp3) is 1.00. The van der Waals surface area contributed by atoms with Crippen molar-refractivity contribution in [1.29, 1.82) is 0 Å². The van der Waals surface area contributed by atoms with Crippen molar-refractivity contribution in [2.24, 2.45) is 11.5 Å². The van der Waals surface area contributed by atoms with E-state index in [4.69, 9.17) is 34.7 Å². The minimum Gasteiger partial charge on any atom is -0.330 e. The summed E-state index contributed by atoms with van der Waals surface area (Å²) in [7, 11) is 3.74. The third-order valence-electron chi connectivity index (χ3n) is 2.07. The van der Waals surface area contributed by atoms with Crippen molar-refractivity contribution in [2.75, 3.05) is 24.6 Å². The Kier molecular flexibility index (Phi) is 13.6. The van der Waals surface area contributed by atoms with Gasteiger partial charge in [-0.2, -0.15) is 0 Å². The average molecular weight is 305 g/mol. The first kappa shape index (κ1) is 17.2. The van der Waals surface area contributed by atoms with Crippen molar-refractivity contribution in [3.05, 3.63) is 0 Å². The molecule has 0 fully saturated rings. The SMILES string of the molecule is NCCC(Cl)CCSSCCC(Cl)CCN. The van der Waals surface area contributed by atoms with Crippen molar-refractivity contribution >= 4 is 44.8 Å². The summed E-state index contributed by atoms with van der Waals surface area (Å²) in [6.07, 6.45) is 3.88. The maximum Gasteiger partial charge on any atom is 0.0356 e. The first-order valence-electron chi connectivity index (χ1n) is 5.63. The van der Waals surface area contributed by atoms with Gasteiger partial charge in [0.15, 0.2) is 0 Å². The van der Waals surface area contributed by atoms with Gasteiger partial charge < -0.3 is 11.5 Å². The molecule has 16 heavy (non-hydrogen) atoms. The Morgan fingerprint density at radius 2 is 1.12 bits per heavy atom. The van der Waals surface area contributed by atoms with E-state index in [1.807, 2.05) is 21.6 Å². The van der Waals surface area contributed by atoms with E-state index < -0.39 is 0 Å². The first-order chi connectivity index (χ1) is 7.70. The Hall–Kier alpha value is 1.20. The second kappa shape index (κ2) is 12.7. The predicted octanol–water partition coefficient (Wildman–Crippen LogP) is 3.06. The summed E-state index contributed by atoms with van der Waals surface area (Å²) in [6, 6.07) is 0. The largest absolute Gasteiger partial charge is 0.330 e. The molecule has 0 aromatic rings. The molecule has 0 heterocycles. The third-order valence-corrected chi connectivity index (χ3v) is 5.42. The molecule has 0 aliphatic rings. The normalized spacial score (nSPS) is 15.0. The van der Waals surface area contributed by atoms with Crippen LogP contribution in [0.15, 0.2) is 0 Å². The van der Waals surface area contributed by atoms with E-state index in [-0.39, 0.29) is 10.8 Å². The molecule has 0 saturated heterocycles. The summed E-state index contributed by atoms with van der Waals surface area (Å²) < 4.78 is 0. The minimum absolute atomic E-state index is 0.233. The summed E-state index contributed by atoms with van der Waals surface area (Å²) in [5.41, 5.74) is 10.8. The molecule has 0 radical (unpaired) electrons. The van der Waals surface area contributed by atoms with E-state index in [0.717, 1.165) is 37.2 Å². The average Bonchev–Trinajstić information content (AvgIpc) is 2.24. The first-order valence-corrected chi connectivity index (χ1v) is 8.99. The Labute approximate surface area is 117 Å². The second-order valence-electron chi connectivity index (χ2n) is 3.57. The molecular weight excluding hydrogens is 283 g/mol. The Morgan fingerprint density at radius 1 is 0.750 bits per heavy atom. The molecule has 0 aromatic carbocycles. The molecule has 0 amide bonds. The van der Waals surface area contributed by atoms with E-state index in [1.54, 1.807) is 0 Å². The lowest BCUT2D eigenvalue weighted by molar-refractivity contribution is 0.741. The number of hydrogen-bond donors (Lipinski definition) is 2. The maximum atomic E-state index is 6.05. The van der Waals surface area contributed by atoms with Gasteiger partial charge in [0.2, 0.25) is 0 Å². The molecular formula is C10H22Cl2N2S2. The van der Waals surface area contributed by atoms with E-state index in [0.29, 0.717) is 13.1 Å². The number of rotatable bonds is 11. The zero-order valence-corrected chi connectivity index (χ0v) is 12.7. The lowest BCUT2D eigenvalue weighted by Gasteiger charge is -2.08. The van der Waals surface area contributed by atoms with E-state index in [9.17, 15) is 0 Å². The van der Waals surface area contributed by atoms with Gasteiger partial charge in [-0.05, 0) is 38.8 Å². The van der Waals surface area contributed by atoms with Crippen LogP contribution in [0.25, 0.3) is 0 Å². The number of hydrogen-bond acceptors (Lipinski definition) is 4. The Morgan fingerprint density at radius 3 is 1.44 bits per heavy atom. The standard InChI is InChI=1S/C10H22Cl2N2S2/c11-9(1-5-13)3-7-15-16-8-4-10(12)2-6-14/h9-10H,1-8,13-14H2. The molecule has 98 valence electrons. The summed E-state index contributed by atoms with van der Waals surface area (Å²) in [5.74, 6) is 2.17. The van der Waals surface area contributed by atoms with Crippen LogP contribution in [-0.2, 0) is 0 Å². The maximum absolute atomic E-state index is 6.05.